The van der Waals surface area contributed by atoms with Crippen LogP contribution in [0.25, 0.3) is 0 Å². The highest BCUT2D eigenvalue weighted by atomic mass is 16.7. The Morgan fingerprint density at radius 3 is 2.52 bits per heavy atom. The van der Waals surface area contributed by atoms with Gasteiger partial charge in [0.2, 0.25) is 0 Å². The Kier molecular flexibility index (Phi) is 3.90. The molecule has 0 bridgehead atoms. The molecule has 6 nitrogen and oxygen atoms in total. The number of rotatable bonds is 2. The number of benzene rings is 1. The van der Waals surface area contributed by atoms with E-state index >= 15 is 0 Å². The highest BCUT2D eigenvalue weighted by Gasteiger charge is 2.54. The van der Waals surface area contributed by atoms with Crippen molar-refractivity contribution in [3.63, 3.8) is 0 Å². The molecule has 1 amide bonds. The molecule has 122 valence electrons. The fourth-order valence-corrected chi connectivity index (χ4v) is 3.38. The first-order valence-electron chi connectivity index (χ1n) is 8.07. The van der Waals surface area contributed by atoms with E-state index in [0.717, 1.165) is 37.6 Å². The van der Waals surface area contributed by atoms with Gasteiger partial charge in [-0.05, 0) is 6.07 Å². The van der Waals surface area contributed by atoms with Crippen LogP contribution in [0.3, 0.4) is 0 Å². The summed E-state index contributed by atoms with van der Waals surface area (Å²) in [7, 11) is 0. The second-order valence-corrected chi connectivity index (χ2v) is 5.98. The van der Waals surface area contributed by atoms with Crippen LogP contribution in [0.4, 0.5) is 5.69 Å². The number of nitrogens with zero attached hydrogens (tertiary/aromatic N) is 1. The number of anilines is 1. The molecule has 1 saturated heterocycles. The molecule has 6 heteroatoms. The third-order valence-corrected chi connectivity index (χ3v) is 4.59. The molecule has 1 fully saturated rings. The normalized spacial score (nSPS) is 24.0. The van der Waals surface area contributed by atoms with E-state index in [1.807, 2.05) is 36.4 Å². The van der Waals surface area contributed by atoms with Crippen molar-refractivity contribution in [2.45, 2.75) is 5.79 Å². The van der Waals surface area contributed by atoms with E-state index in [2.05, 4.69) is 0 Å². The molecular formula is C17H21N2O4+. The largest absolute Gasteiger partial charge is 0.370 e. The maximum atomic E-state index is 13.2. The molecule has 0 unspecified atom stereocenters. The van der Waals surface area contributed by atoms with Gasteiger partial charge in [-0.3, -0.25) is 9.69 Å². The maximum Gasteiger partial charge on any atom is 0.296 e. The van der Waals surface area contributed by atoms with Crippen LogP contribution in [0.2, 0.25) is 0 Å². The summed E-state index contributed by atoms with van der Waals surface area (Å²) in [5.41, 5.74) is 1.69. The summed E-state index contributed by atoms with van der Waals surface area (Å²) in [6.45, 7) is 4.64. The van der Waals surface area contributed by atoms with E-state index in [4.69, 9.17) is 14.2 Å². The summed E-state index contributed by atoms with van der Waals surface area (Å²) in [6.07, 6.45) is 3.78. The Morgan fingerprint density at radius 2 is 1.78 bits per heavy atom. The lowest BCUT2D eigenvalue weighted by molar-refractivity contribution is -0.906. The summed E-state index contributed by atoms with van der Waals surface area (Å²) in [5, 5.41) is 0. The van der Waals surface area contributed by atoms with Gasteiger partial charge in [0.15, 0.2) is 6.67 Å². The van der Waals surface area contributed by atoms with E-state index in [-0.39, 0.29) is 5.91 Å². The molecular weight excluding hydrogens is 296 g/mol. The molecule has 1 aromatic carbocycles. The van der Waals surface area contributed by atoms with Crippen LogP contribution in [0.15, 0.2) is 36.4 Å². The lowest BCUT2D eigenvalue weighted by Crippen LogP contribution is -3.15. The highest BCUT2D eigenvalue weighted by molar-refractivity contribution is 6.05. The van der Waals surface area contributed by atoms with Crippen LogP contribution in [0.5, 0.6) is 0 Å². The summed E-state index contributed by atoms with van der Waals surface area (Å²) >= 11 is 0. The number of hydrogen-bond acceptors (Lipinski definition) is 4. The zero-order valence-corrected chi connectivity index (χ0v) is 13.0. The van der Waals surface area contributed by atoms with Crippen molar-refractivity contribution in [1.29, 1.82) is 0 Å². The average Bonchev–Trinajstić information content (AvgIpc) is 2.78. The molecule has 3 heterocycles. The van der Waals surface area contributed by atoms with Crippen LogP contribution >= 0.6 is 0 Å². The summed E-state index contributed by atoms with van der Waals surface area (Å²) < 4.78 is 17.2. The highest BCUT2D eigenvalue weighted by Crippen LogP contribution is 2.43. The quantitative estimate of drug-likeness (QED) is 0.759. The molecule has 23 heavy (non-hydrogen) atoms. The van der Waals surface area contributed by atoms with Crippen molar-refractivity contribution in [2.24, 2.45) is 0 Å². The van der Waals surface area contributed by atoms with Crippen molar-refractivity contribution in [3.8, 4) is 0 Å². The van der Waals surface area contributed by atoms with E-state index in [1.54, 1.807) is 4.90 Å². The summed E-state index contributed by atoms with van der Waals surface area (Å²) in [5.74, 6) is -1.42. The Labute approximate surface area is 135 Å². The lowest BCUT2D eigenvalue weighted by atomic mass is 10.1. The predicted octanol–water partition coefficient (Wildman–Crippen LogP) is -0.338. The minimum absolute atomic E-state index is 0.124. The molecule has 3 aliphatic heterocycles. The SMILES string of the molecule is O=C1N(C[NH+]2CCOCC2)c2ccccc2C12OCC=CCO2. The maximum absolute atomic E-state index is 13.2. The summed E-state index contributed by atoms with van der Waals surface area (Å²) in [4.78, 5) is 16.3. The van der Waals surface area contributed by atoms with Crippen LogP contribution in [0.1, 0.15) is 5.56 Å². The van der Waals surface area contributed by atoms with Crippen molar-refractivity contribution < 1.29 is 23.9 Å². The van der Waals surface area contributed by atoms with Gasteiger partial charge in [-0.2, -0.15) is 0 Å². The van der Waals surface area contributed by atoms with E-state index in [1.165, 1.54) is 4.90 Å². The molecule has 3 aliphatic rings. The molecule has 0 aromatic heterocycles. The number of nitrogens with one attached hydrogen (secondary N) is 1. The van der Waals surface area contributed by atoms with Crippen molar-refractivity contribution in [2.75, 3.05) is 51.1 Å². The average molecular weight is 317 g/mol. The predicted molar refractivity (Wildman–Crippen MR) is 83.0 cm³/mol. The van der Waals surface area contributed by atoms with Crippen molar-refractivity contribution in [1.82, 2.24) is 0 Å². The van der Waals surface area contributed by atoms with Crippen molar-refractivity contribution >= 4 is 11.6 Å². The van der Waals surface area contributed by atoms with Crippen LogP contribution < -0.4 is 9.80 Å². The van der Waals surface area contributed by atoms with Crippen LogP contribution in [-0.4, -0.2) is 52.1 Å². The first kappa shape index (κ1) is 14.8. The Balaban J connectivity index is 1.67. The van der Waals surface area contributed by atoms with Crippen LogP contribution in [-0.2, 0) is 24.8 Å². The van der Waals surface area contributed by atoms with Gasteiger partial charge in [0.05, 0.1) is 32.1 Å². The number of carbonyl (C=O) groups excluding carboxylic acids is 1. The monoisotopic (exact) mass is 317 g/mol. The first-order valence-corrected chi connectivity index (χ1v) is 8.07. The molecule has 0 aliphatic carbocycles. The molecule has 0 atom stereocenters. The van der Waals surface area contributed by atoms with Gasteiger partial charge in [0.1, 0.15) is 13.1 Å². The van der Waals surface area contributed by atoms with E-state index in [9.17, 15) is 4.79 Å². The second-order valence-electron chi connectivity index (χ2n) is 5.98. The standard InChI is InChI=1S/C17H20N2O4/c20-16-17(22-9-3-4-10-23-17)14-5-1-2-6-15(14)19(16)13-18-7-11-21-12-8-18/h1-6H,7-13H2/p+1. The van der Waals surface area contributed by atoms with Gasteiger partial charge in [-0.1, -0.05) is 30.4 Å². The van der Waals surface area contributed by atoms with Gasteiger partial charge in [0, 0.05) is 5.56 Å². The Hall–Kier alpha value is -1.73. The third kappa shape index (κ3) is 2.48. The first-order chi connectivity index (χ1) is 11.3. The number of para-hydroxylation sites is 1. The number of quaternary nitrogens is 1. The number of fused-ring (bicyclic) bond motifs is 2. The second kappa shape index (κ2) is 6.05. The Morgan fingerprint density at radius 1 is 1.09 bits per heavy atom. The van der Waals surface area contributed by atoms with Gasteiger partial charge >= 0.3 is 0 Å². The summed E-state index contributed by atoms with van der Waals surface area (Å²) in [6, 6.07) is 7.76. The molecule has 1 N–H and O–H groups in total. The fraction of sp³-hybridized carbons (Fsp3) is 0.471. The van der Waals surface area contributed by atoms with E-state index in [0.29, 0.717) is 19.9 Å². The number of carbonyl (C=O) groups is 1. The molecule has 1 aromatic rings. The van der Waals surface area contributed by atoms with Crippen molar-refractivity contribution in [3.05, 3.63) is 42.0 Å². The van der Waals surface area contributed by atoms with Gasteiger partial charge < -0.3 is 19.1 Å². The Bertz CT molecular complexity index is 615. The lowest BCUT2D eigenvalue weighted by Gasteiger charge is -2.30. The number of hydrogen-bond donors (Lipinski definition) is 1. The third-order valence-electron chi connectivity index (χ3n) is 4.59. The van der Waals surface area contributed by atoms with Gasteiger partial charge in [-0.15, -0.1) is 0 Å². The number of amides is 1. The number of morpholine rings is 1. The van der Waals surface area contributed by atoms with Gasteiger partial charge in [0.25, 0.3) is 11.7 Å². The molecule has 4 rings (SSSR count). The minimum atomic E-state index is -1.30. The topological polar surface area (TPSA) is 52.4 Å². The zero-order chi connectivity index (χ0) is 15.7. The van der Waals surface area contributed by atoms with Gasteiger partial charge in [-0.25, -0.2) is 0 Å². The fourth-order valence-electron chi connectivity index (χ4n) is 3.38. The van der Waals surface area contributed by atoms with E-state index < -0.39 is 5.79 Å². The minimum Gasteiger partial charge on any atom is -0.370 e. The zero-order valence-electron chi connectivity index (χ0n) is 13.0. The van der Waals surface area contributed by atoms with Crippen LogP contribution in [0, 0.1) is 0 Å². The molecule has 0 radical (unpaired) electrons. The number of ether oxygens (including phenoxy) is 3. The molecule has 0 saturated carbocycles. The molecule has 1 spiro atoms. The smallest absolute Gasteiger partial charge is 0.296 e.